The zero-order valence-electron chi connectivity index (χ0n) is 9.18. The highest BCUT2D eigenvalue weighted by atomic mass is 16.5. The Morgan fingerprint density at radius 2 is 2.19 bits per heavy atom. The summed E-state index contributed by atoms with van der Waals surface area (Å²) in [5.74, 6) is 0.346. The van der Waals surface area contributed by atoms with Crippen molar-refractivity contribution in [2.75, 3.05) is 7.11 Å². The fourth-order valence-electron chi connectivity index (χ4n) is 1.52. The van der Waals surface area contributed by atoms with Crippen LogP contribution in [0.3, 0.4) is 0 Å². The lowest BCUT2D eigenvalue weighted by Crippen LogP contribution is -1.95. The zero-order valence-corrected chi connectivity index (χ0v) is 9.18. The second-order valence-corrected chi connectivity index (χ2v) is 3.37. The van der Waals surface area contributed by atoms with Crippen molar-refractivity contribution in [3.05, 3.63) is 36.2 Å². The number of nitrogens with zero attached hydrogens (tertiary/aromatic N) is 2. The predicted molar refractivity (Wildman–Crippen MR) is 61.8 cm³/mol. The highest BCUT2D eigenvalue weighted by Gasteiger charge is 2.04. The summed E-state index contributed by atoms with van der Waals surface area (Å²) in [5, 5.41) is 0. The molecule has 4 nitrogen and oxygen atoms in total. The maximum atomic E-state index is 11.0. The van der Waals surface area contributed by atoms with Crippen LogP contribution in [0.2, 0.25) is 0 Å². The third kappa shape index (κ3) is 1.82. The Morgan fingerprint density at radius 1 is 1.44 bits per heavy atom. The number of carbonyl (C=O) groups is 1. The number of imidazole rings is 1. The topological polar surface area (TPSA) is 44.1 Å². The maximum Gasteiger partial charge on any atom is 0.330 e. The number of para-hydroxylation sites is 2. The maximum absolute atomic E-state index is 11.0. The molecule has 0 saturated heterocycles. The van der Waals surface area contributed by atoms with Crippen LogP contribution in [0, 0.1) is 0 Å². The average molecular weight is 216 g/mol. The monoisotopic (exact) mass is 216 g/mol. The van der Waals surface area contributed by atoms with E-state index < -0.39 is 0 Å². The molecule has 0 atom stereocenters. The molecule has 0 N–H and O–H groups in total. The van der Waals surface area contributed by atoms with Crippen LogP contribution in [0.4, 0.5) is 0 Å². The van der Waals surface area contributed by atoms with Crippen LogP contribution in [0.25, 0.3) is 17.1 Å². The Kier molecular flexibility index (Phi) is 2.72. The molecule has 1 heterocycles. The lowest BCUT2D eigenvalue weighted by Gasteiger charge is -1.96. The van der Waals surface area contributed by atoms with Crippen LogP contribution in [-0.2, 0) is 16.6 Å². The molecule has 2 aromatic rings. The first-order chi connectivity index (χ1) is 7.72. The Morgan fingerprint density at radius 3 is 2.88 bits per heavy atom. The van der Waals surface area contributed by atoms with Crippen molar-refractivity contribution in [2.45, 2.75) is 0 Å². The van der Waals surface area contributed by atoms with Crippen LogP contribution < -0.4 is 0 Å². The molecule has 0 aliphatic carbocycles. The number of benzene rings is 1. The summed E-state index contributed by atoms with van der Waals surface area (Å²) in [4.78, 5) is 15.4. The number of fused-ring (bicyclic) bond motifs is 1. The van der Waals surface area contributed by atoms with Gasteiger partial charge in [0.2, 0.25) is 0 Å². The van der Waals surface area contributed by atoms with Crippen LogP contribution in [0.15, 0.2) is 30.3 Å². The number of hydrogen-bond donors (Lipinski definition) is 0. The van der Waals surface area contributed by atoms with Crippen LogP contribution in [-0.4, -0.2) is 22.6 Å². The second-order valence-electron chi connectivity index (χ2n) is 3.37. The van der Waals surface area contributed by atoms with Crippen molar-refractivity contribution in [1.29, 1.82) is 0 Å². The Balaban J connectivity index is 2.42. The Labute approximate surface area is 93.2 Å². The normalized spacial score (nSPS) is 11.1. The molecule has 1 aromatic heterocycles. The van der Waals surface area contributed by atoms with Gasteiger partial charge in [0.1, 0.15) is 5.82 Å². The van der Waals surface area contributed by atoms with Gasteiger partial charge in [-0.2, -0.15) is 0 Å². The van der Waals surface area contributed by atoms with Gasteiger partial charge in [0.25, 0.3) is 0 Å². The minimum absolute atomic E-state index is 0.382. The van der Waals surface area contributed by atoms with E-state index in [1.54, 1.807) is 6.08 Å². The van der Waals surface area contributed by atoms with Gasteiger partial charge in [0.05, 0.1) is 18.1 Å². The molecule has 0 aliphatic heterocycles. The van der Waals surface area contributed by atoms with E-state index in [4.69, 9.17) is 0 Å². The average Bonchev–Trinajstić information content (AvgIpc) is 2.64. The Bertz CT molecular complexity index is 555. The molecule has 4 heteroatoms. The lowest BCUT2D eigenvalue weighted by atomic mass is 10.3. The van der Waals surface area contributed by atoms with E-state index in [2.05, 4.69) is 9.72 Å². The number of carbonyl (C=O) groups excluding carboxylic acids is 1. The van der Waals surface area contributed by atoms with Crippen molar-refractivity contribution < 1.29 is 9.53 Å². The SMILES string of the molecule is COC(=O)/C=C/c1nc2ccccc2n1C. The summed E-state index contributed by atoms with van der Waals surface area (Å²) in [6.45, 7) is 0. The number of aromatic nitrogens is 2. The van der Waals surface area contributed by atoms with Crippen LogP contribution in [0.1, 0.15) is 5.82 Å². The quantitative estimate of drug-likeness (QED) is 0.567. The third-order valence-electron chi connectivity index (χ3n) is 2.39. The van der Waals surface area contributed by atoms with Crippen molar-refractivity contribution >= 4 is 23.1 Å². The molecule has 0 spiro atoms. The molecular weight excluding hydrogens is 204 g/mol. The predicted octanol–water partition coefficient (Wildman–Crippen LogP) is 1.76. The largest absolute Gasteiger partial charge is 0.466 e. The van der Waals surface area contributed by atoms with Gasteiger partial charge in [-0.05, 0) is 18.2 Å². The first-order valence-corrected chi connectivity index (χ1v) is 4.90. The van der Waals surface area contributed by atoms with Crippen molar-refractivity contribution in [3.63, 3.8) is 0 Å². The highest BCUT2D eigenvalue weighted by Crippen LogP contribution is 2.14. The van der Waals surface area contributed by atoms with Crippen molar-refractivity contribution in [2.24, 2.45) is 7.05 Å². The van der Waals surface area contributed by atoms with Gasteiger partial charge in [0, 0.05) is 13.1 Å². The fraction of sp³-hybridized carbons (Fsp3) is 0.167. The summed E-state index contributed by atoms with van der Waals surface area (Å²) < 4.78 is 6.45. The molecule has 0 unspecified atom stereocenters. The summed E-state index contributed by atoms with van der Waals surface area (Å²) in [6.07, 6.45) is 3.01. The third-order valence-corrected chi connectivity index (χ3v) is 2.39. The van der Waals surface area contributed by atoms with Gasteiger partial charge >= 0.3 is 5.97 Å². The molecular formula is C12H12N2O2. The molecule has 1 aromatic carbocycles. The number of hydrogen-bond acceptors (Lipinski definition) is 3. The molecule has 2 rings (SSSR count). The Hall–Kier alpha value is -2.10. The van der Waals surface area contributed by atoms with Gasteiger partial charge in [-0.1, -0.05) is 12.1 Å². The van der Waals surface area contributed by atoms with Crippen LogP contribution in [0.5, 0.6) is 0 Å². The van der Waals surface area contributed by atoms with E-state index in [9.17, 15) is 4.79 Å². The first-order valence-electron chi connectivity index (χ1n) is 4.90. The molecule has 0 radical (unpaired) electrons. The van der Waals surface area contributed by atoms with E-state index in [0.717, 1.165) is 16.9 Å². The van der Waals surface area contributed by atoms with E-state index in [1.165, 1.54) is 13.2 Å². The molecule has 0 bridgehead atoms. The van der Waals surface area contributed by atoms with E-state index in [0.29, 0.717) is 0 Å². The van der Waals surface area contributed by atoms with Gasteiger partial charge in [0.15, 0.2) is 0 Å². The van der Waals surface area contributed by atoms with Gasteiger partial charge < -0.3 is 9.30 Å². The minimum Gasteiger partial charge on any atom is -0.466 e. The van der Waals surface area contributed by atoms with E-state index >= 15 is 0 Å². The van der Waals surface area contributed by atoms with Gasteiger partial charge in [-0.15, -0.1) is 0 Å². The summed E-state index contributed by atoms with van der Waals surface area (Å²) in [7, 11) is 3.26. The molecule has 82 valence electrons. The summed E-state index contributed by atoms with van der Waals surface area (Å²) in [5.41, 5.74) is 1.95. The minimum atomic E-state index is -0.382. The smallest absolute Gasteiger partial charge is 0.330 e. The number of ether oxygens (including phenoxy) is 1. The molecule has 0 fully saturated rings. The number of esters is 1. The summed E-state index contributed by atoms with van der Waals surface area (Å²) >= 11 is 0. The van der Waals surface area contributed by atoms with Gasteiger partial charge in [-0.25, -0.2) is 9.78 Å². The molecule has 0 aliphatic rings. The van der Waals surface area contributed by atoms with E-state index in [-0.39, 0.29) is 5.97 Å². The number of aryl methyl sites for hydroxylation is 1. The first kappa shape index (κ1) is 10.4. The van der Waals surface area contributed by atoms with Gasteiger partial charge in [-0.3, -0.25) is 0 Å². The second kappa shape index (κ2) is 4.18. The molecule has 0 saturated carbocycles. The standard InChI is InChI=1S/C12H12N2O2/c1-14-10-6-4-3-5-9(10)13-11(14)7-8-12(15)16-2/h3-8H,1-2H3/b8-7+. The van der Waals surface area contributed by atoms with Crippen molar-refractivity contribution in [1.82, 2.24) is 9.55 Å². The summed E-state index contributed by atoms with van der Waals surface area (Å²) in [6, 6.07) is 7.81. The van der Waals surface area contributed by atoms with E-state index in [1.807, 2.05) is 35.9 Å². The number of methoxy groups -OCH3 is 1. The zero-order chi connectivity index (χ0) is 11.5. The van der Waals surface area contributed by atoms with Crippen LogP contribution >= 0.6 is 0 Å². The molecule has 16 heavy (non-hydrogen) atoms. The molecule has 0 amide bonds. The highest BCUT2D eigenvalue weighted by molar-refractivity contribution is 5.87. The number of rotatable bonds is 2. The lowest BCUT2D eigenvalue weighted by molar-refractivity contribution is -0.134. The fourth-order valence-corrected chi connectivity index (χ4v) is 1.52. The van der Waals surface area contributed by atoms with Crippen molar-refractivity contribution in [3.8, 4) is 0 Å².